The van der Waals surface area contributed by atoms with E-state index in [4.69, 9.17) is 4.74 Å². The highest BCUT2D eigenvalue weighted by molar-refractivity contribution is 14.0. The van der Waals surface area contributed by atoms with Crippen LogP contribution in [-0.2, 0) is 11.3 Å². The van der Waals surface area contributed by atoms with Gasteiger partial charge in [-0.1, -0.05) is 19.9 Å². The molecule has 2 N–H and O–H groups in total. The zero-order valence-corrected chi connectivity index (χ0v) is 20.7. The van der Waals surface area contributed by atoms with E-state index in [1.165, 1.54) is 0 Å². The standard InChI is InChI=1S/C21H34N6O.HI/c1-7-28-19(15(2)3)10-11-23-21(22-6)25-14-18-8-9-20(24-13-18)27-17(5)12-16(4)26-27;/h8-9,12-13,15,19H,7,10-11,14H2,1-6H3,(H2,22,23,25);1H. The molecule has 0 aliphatic rings. The van der Waals surface area contributed by atoms with Crippen molar-refractivity contribution in [2.24, 2.45) is 10.9 Å². The van der Waals surface area contributed by atoms with E-state index in [9.17, 15) is 0 Å². The summed E-state index contributed by atoms with van der Waals surface area (Å²) in [5.74, 6) is 2.11. The molecule has 2 heterocycles. The fraction of sp³-hybridized carbons (Fsp3) is 0.571. The first kappa shape index (κ1) is 25.4. The molecule has 0 amide bonds. The zero-order valence-electron chi connectivity index (χ0n) is 18.4. The zero-order chi connectivity index (χ0) is 20.5. The van der Waals surface area contributed by atoms with Crippen LogP contribution in [0.15, 0.2) is 29.4 Å². The van der Waals surface area contributed by atoms with Gasteiger partial charge in [0, 0.05) is 38.6 Å². The molecule has 0 saturated carbocycles. The Balaban J connectivity index is 0.00000420. The van der Waals surface area contributed by atoms with E-state index in [2.05, 4.69) is 45.6 Å². The van der Waals surface area contributed by atoms with Crippen LogP contribution >= 0.6 is 24.0 Å². The van der Waals surface area contributed by atoms with Gasteiger partial charge in [0.15, 0.2) is 11.8 Å². The maximum absolute atomic E-state index is 5.79. The van der Waals surface area contributed by atoms with E-state index in [0.29, 0.717) is 12.5 Å². The molecule has 7 nitrogen and oxygen atoms in total. The van der Waals surface area contributed by atoms with Crippen LogP contribution in [0.3, 0.4) is 0 Å². The van der Waals surface area contributed by atoms with Gasteiger partial charge < -0.3 is 15.4 Å². The molecule has 8 heteroatoms. The quantitative estimate of drug-likeness (QED) is 0.304. The fourth-order valence-corrected chi connectivity index (χ4v) is 3.07. The molecule has 2 aromatic heterocycles. The lowest BCUT2D eigenvalue weighted by atomic mass is 10.0. The summed E-state index contributed by atoms with van der Waals surface area (Å²) in [5.41, 5.74) is 3.15. The van der Waals surface area contributed by atoms with Gasteiger partial charge in [-0.25, -0.2) is 9.67 Å². The second kappa shape index (κ2) is 12.8. The summed E-state index contributed by atoms with van der Waals surface area (Å²) < 4.78 is 7.65. The Morgan fingerprint density at radius 2 is 2.00 bits per heavy atom. The lowest BCUT2D eigenvalue weighted by molar-refractivity contribution is 0.0258. The molecule has 2 rings (SSSR count). The molecule has 0 spiro atoms. The molecule has 0 saturated heterocycles. The maximum atomic E-state index is 5.79. The summed E-state index contributed by atoms with van der Waals surface area (Å²) in [4.78, 5) is 8.83. The van der Waals surface area contributed by atoms with Crippen LogP contribution in [0.4, 0.5) is 0 Å². The van der Waals surface area contributed by atoms with E-state index >= 15 is 0 Å². The maximum Gasteiger partial charge on any atom is 0.191 e. The van der Waals surface area contributed by atoms with Crippen molar-refractivity contribution in [1.29, 1.82) is 0 Å². The van der Waals surface area contributed by atoms with Crippen LogP contribution in [0.5, 0.6) is 0 Å². The Hall–Kier alpha value is -1.68. The highest BCUT2D eigenvalue weighted by Gasteiger charge is 2.13. The van der Waals surface area contributed by atoms with Gasteiger partial charge in [-0.05, 0) is 50.8 Å². The smallest absolute Gasteiger partial charge is 0.191 e. The third kappa shape index (κ3) is 7.93. The Labute approximate surface area is 191 Å². The predicted octanol–water partition coefficient (Wildman–Crippen LogP) is 3.62. The topological polar surface area (TPSA) is 76.4 Å². The molecule has 0 bridgehead atoms. The van der Waals surface area contributed by atoms with Gasteiger partial charge in [0.05, 0.1) is 11.8 Å². The number of guanidine groups is 1. The van der Waals surface area contributed by atoms with Crippen LogP contribution in [-0.4, -0.2) is 47.0 Å². The summed E-state index contributed by atoms with van der Waals surface area (Å²) in [7, 11) is 1.78. The number of nitrogens with zero attached hydrogens (tertiary/aromatic N) is 4. The molecule has 1 atom stereocenters. The second-order valence-electron chi connectivity index (χ2n) is 7.24. The minimum atomic E-state index is 0. The number of aryl methyl sites for hydroxylation is 2. The van der Waals surface area contributed by atoms with E-state index in [0.717, 1.165) is 48.3 Å². The molecular formula is C21H35IN6O. The van der Waals surface area contributed by atoms with Gasteiger partial charge in [0.2, 0.25) is 0 Å². The number of halogens is 1. The number of pyridine rings is 1. The van der Waals surface area contributed by atoms with Crippen LogP contribution in [0.2, 0.25) is 0 Å². The van der Waals surface area contributed by atoms with Crippen LogP contribution in [0.1, 0.15) is 44.1 Å². The van der Waals surface area contributed by atoms with Crippen LogP contribution in [0, 0.1) is 19.8 Å². The van der Waals surface area contributed by atoms with E-state index < -0.39 is 0 Å². The normalized spacial score (nSPS) is 12.6. The summed E-state index contributed by atoms with van der Waals surface area (Å²) >= 11 is 0. The average molecular weight is 514 g/mol. The van der Waals surface area contributed by atoms with Crippen molar-refractivity contribution < 1.29 is 4.74 Å². The third-order valence-electron chi connectivity index (χ3n) is 4.56. The molecule has 29 heavy (non-hydrogen) atoms. The van der Waals surface area contributed by atoms with E-state index in [1.807, 2.05) is 43.8 Å². The summed E-state index contributed by atoms with van der Waals surface area (Å²) in [6.07, 6.45) is 3.09. The monoisotopic (exact) mass is 514 g/mol. The Morgan fingerprint density at radius 1 is 1.24 bits per heavy atom. The van der Waals surface area contributed by atoms with E-state index in [-0.39, 0.29) is 30.1 Å². The summed E-state index contributed by atoms with van der Waals surface area (Å²) in [5, 5.41) is 11.2. The van der Waals surface area contributed by atoms with Crippen molar-refractivity contribution in [3.05, 3.63) is 41.3 Å². The highest BCUT2D eigenvalue weighted by atomic mass is 127. The predicted molar refractivity (Wildman–Crippen MR) is 129 cm³/mol. The van der Waals surface area contributed by atoms with Gasteiger partial charge in [-0.3, -0.25) is 4.99 Å². The van der Waals surface area contributed by atoms with Crippen molar-refractivity contribution in [2.75, 3.05) is 20.2 Å². The van der Waals surface area contributed by atoms with Gasteiger partial charge in [0.25, 0.3) is 0 Å². The van der Waals surface area contributed by atoms with Gasteiger partial charge in [-0.2, -0.15) is 5.10 Å². The molecular weight excluding hydrogens is 479 g/mol. The number of ether oxygens (including phenoxy) is 1. The number of hydrogen-bond donors (Lipinski definition) is 2. The molecule has 0 radical (unpaired) electrons. The highest BCUT2D eigenvalue weighted by Crippen LogP contribution is 2.11. The Bertz CT molecular complexity index is 757. The van der Waals surface area contributed by atoms with Crippen molar-refractivity contribution in [3.8, 4) is 5.82 Å². The number of aromatic nitrogens is 3. The largest absolute Gasteiger partial charge is 0.378 e. The minimum absolute atomic E-state index is 0. The van der Waals surface area contributed by atoms with Gasteiger partial charge >= 0.3 is 0 Å². The van der Waals surface area contributed by atoms with Crippen LogP contribution in [0.25, 0.3) is 5.82 Å². The number of rotatable bonds is 9. The lowest BCUT2D eigenvalue weighted by Gasteiger charge is -2.21. The third-order valence-corrected chi connectivity index (χ3v) is 4.56. The number of nitrogens with one attached hydrogen (secondary N) is 2. The molecule has 0 aliphatic heterocycles. The molecule has 2 aromatic rings. The fourth-order valence-electron chi connectivity index (χ4n) is 3.07. The van der Waals surface area contributed by atoms with Crippen molar-refractivity contribution >= 4 is 29.9 Å². The molecule has 1 unspecified atom stereocenters. The first-order chi connectivity index (χ1) is 13.4. The molecule has 0 aliphatic carbocycles. The molecule has 162 valence electrons. The first-order valence-electron chi connectivity index (χ1n) is 9.99. The SMILES string of the molecule is CCOC(CCNC(=NC)NCc1ccc(-n2nc(C)cc2C)nc1)C(C)C.I. The molecule has 0 aromatic carbocycles. The average Bonchev–Trinajstić information content (AvgIpc) is 3.02. The van der Waals surface area contributed by atoms with Crippen molar-refractivity contribution in [1.82, 2.24) is 25.4 Å². The van der Waals surface area contributed by atoms with Crippen LogP contribution < -0.4 is 10.6 Å². The molecule has 0 fully saturated rings. The van der Waals surface area contributed by atoms with Gasteiger partial charge in [-0.15, -0.1) is 24.0 Å². The Morgan fingerprint density at radius 3 is 2.52 bits per heavy atom. The summed E-state index contributed by atoms with van der Waals surface area (Å²) in [6, 6.07) is 6.09. The van der Waals surface area contributed by atoms with Gasteiger partial charge in [0.1, 0.15) is 0 Å². The van der Waals surface area contributed by atoms with E-state index in [1.54, 1.807) is 7.05 Å². The Kier molecular flexibility index (Phi) is 11.2. The number of hydrogen-bond acceptors (Lipinski definition) is 4. The summed E-state index contributed by atoms with van der Waals surface area (Å²) in [6.45, 7) is 12.7. The first-order valence-corrected chi connectivity index (χ1v) is 9.99. The minimum Gasteiger partial charge on any atom is -0.378 e. The van der Waals surface area contributed by atoms with Crippen molar-refractivity contribution in [2.45, 2.75) is 53.7 Å². The second-order valence-corrected chi connectivity index (χ2v) is 7.24. The van der Waals surface area contributed by atoms with Crippen molar-refractivity contribution in [3.63, 3.8) is 0 Å². The lowest BCUT2D eigenvalue weighted by Crippen LogP contribution is -2.39. The number of aliphatic imine (C=N–C) groups is 1.